The van der Waals surface area contributed by atoms with Gasteiger partial charge in [-0.15, -0.1) is 0 Å². The fourth-order valence-electron chi connectivity index (χ4n) is 1.83. The molecule has 0 bridgehead atoms. The zero-order chi connectivity index (χ0) is 16.8. The van der Waals surface area contributed by atoms with Crippen LogP contribution in [0.1, 0.15) is 11.7 Å². The monoisotopic (exact) mass is 417 g/mol. The van der Waals surface area contributed by atoms with Gasteiger partial charge in [0.1, 0.15) is 5.75 Å². The van der Waals surface area contributed by atoms with E-state index in [4.69, 9.17) is 27.9 Å². The summed E-state index contributed by atoms with van der Waals surface area (Å²) in [6.07, 6.45) is -0.900. The molecule has 2 N–H and O–H groups in total. The molecule has 122 valence electrons. The van der Waals surface area contributed by atoms with Gasteiger partial charge in [-0.05, 0) is 48.0 Å². The predicted octanol–water partition coefficient (Wildman–Crippen LogP) is 3.98. The van der Waals surface area contributed by atoms with Crippen molar-refractivity contribution >= 4 is 45.0 Å². The molecule has 23 heavy (non-hydrogen) atoms. The van der Waals surface area contributed by atoms with E-state index in [0.717, 1.165) is 4.47 Å². The summed E-state index contributed by atoms with van der Waals surface area (Å²) in [5.41, 5.74) is 0.539. The second-order valence-electron chi connectivity index (χ2n) is 4.77. The smallest absolute Gasteiger partial charge is 0.258 e. The third-order valence-corrected chi connectivity index (χ3v) is 3.91. The normalized spacial score (nSPS) is 11.8. The van der Waals surface area contributed by atoms with Crippen LogP contribution < -0.4 is 10.1 Å². The average Bonchev–Trinajstić information content (AvgIpc) is 2.51. The van der Waals surface area contributed by atoms with Gasteiger partial charge in [-0.25, -0.2) is 0 Å². The molecule has 4 nitrogen and oxygen atoms in total. The van der Waals surface area contributed by atoms with E-state index in [1.54, 1.807) is 30.3 Å². The van der Waals surface area contributed by atoms with E-state index in [0.29, 0.717) is 21.4 Å². The molecule has 0 fully saturated rings. The maximum Gasteiger partial charge on any atom is 0.258 e. The van der Waals surface area contributed by atoms with Gasteiger partial charge in [-0.1, -0.05) is 39.1 Å². The molecule has 0 saturated carbocycles. The molecule has 0 aromatic heterocycles. The van der Waals surface area contributed by atoms with Crippen molar-refractivity contribution in [3.05, 3.63) is 62.5 Å². The number of amides is 1. The van der Waals surface area contributed by atoms with E-state index in [-0.39, 0.29) is 19.1 Å². The zero-order valence-electron chi connectivity index (χ0n) is 11.9. The van der Waals surface area contributed by atoms with Crippen molar-refractivity contribution in [1.82, 2.24) is 5.32 Å². The van der Waals surface area contributed by atoms with Crippen LogP contribution in [0.15, 0.2) is 46.9 Å². The highest BCUT2D eigenvalue weighted by Gasteiger charge is 2.11. The van der Waals surface area contributed by atoms with Crippen LogP contribution in [-0.2, 0) is 4.79 Å². The summed E-state index contributed by atoms with van der Waals surface area (Å²) >= 11 is 15.1. The summed E-state index contributed by atoms with van der Waals surface area (Å²) in [5.74, 6) is 0.255. The summed E-state index contributed by atoms with van der Waals surface area (Å²) < 4.78 is 6.27. The third-order valence-electron chi connectivity index (χ3n) is 2.95. The van der Waals surface area contributed by atoms with Crippen molar-refractivity contribution < 1.29 is 14.6 Å². The van der Waals surface area contributed by atoms with Gasteiger partial charge in [0.05, 0.1) is 6.10 Å². The van der Waals surface area contributed by atoms with Crippen molar-refractivity contribution in [2.24, 2.45) is 0 Å². The van der Waals surface area contributed by atoms with Gasteiger partial charge in [-0.3, -0.25) is 4.79 Å². The summed E-state index contributed by atoms with van der Waals surface area (Å²) in [7, 11) is 0. The molecule has 2 aromatic rings. The number of aliphatic hydroxyl groups excluding tert-OH is 1. The highest BCUT2D eigenvalue weighted by molar-refractivity contribution is 9.10. The number of nitrogens with one attached hydrogen (secondary N) is 1. The van der Waals surface area contributed by atoms with Crippen molar-refractivity contribution in [1.29, 1.82) is 0 Å². The molecule has 1 unspecified atom stereocenters. The largest absolute Gasteiger partial charge is 0.484 e. The lowest BCUT2D eigenvalue weighted by Gasteiger charge is -2.13. The Morgan fingerprint density at radius 2 is 1.78 bits per heavy atom. The van der Waals surface area contributed by atoms with E-state index >= 15 is 0 Å². The Morgan fingerprint density at radius 3 is 2.39 bits per heavy atom. The molecule has 0 heterocycles. The van der Waals surface area contributed by atoms with Crippen LogP contribution in [0, 0.1) is 0 Å². The van der Waals surface area contributed by atoms with E-state index in [9.17, 15) is 9.90 Å². The lowest BCUT2D eigenvalue weighted by Crippen LogP contribution is -2.32. The lowest BCUT2D eigenvalue weighted by atomic mass is 10.1. The van der Waals surface area contributed by atoms with Crippen LogP contribution in [0.4, 0.5) is 0 Å². The molecule has 0 saturated heterocycles. The van der Waals surface area contributed by atoms with Crippen LogP contribution in [-0.4, -0.2) is 24.2 Å². The number of hydrogen-bond donors (Lipinski definition) is 2. The first kappa shape index (κ1) is 18.1. The average molecular weight is 419 g/mol. The Bertz CT molecular complexity index is 659. The summed E-state index contributed by atoms with van der Waals surface area (Å²) in [6.45, 7) is -0.0934. The van der Waals surface area contributed by atoms with Crippen molar-refractivity contribution in [2.75, 3.05) is 13.2 Å². The molecule has 1 amide bonds. The summed E-state index contributed by atoms with van der Waals surface area (Å²) in [4.78, 5) is 11.7. The first-order valence-electron chi connectivity index (χ1n) is 6.73. The second-order valence-corrected chi connectivity index (χ2v) is 6.55. The van der Waals surface area contributed by atoms with E-state index in [1.807, 2.05) is 12.1 Å². The van der Waals surface area contributed by atoms with Gasteiger partial charge in [0.15, 0.2) is 6.61 Å². The standard InChI is InChI=1S/C16H14BrCl2NO3/c17-11-1-3-14(4-2-11)23-9-16(22)20-8-15(21)10-5-12(18)7-13(19)6-10/h1-7,15,21H,8-9H2,(H,20,22). The molecule has 0 aliphatic rings. The molecule has 0 radical (unpaired) electrons. The number of hydrogen-bond acceptors (Lipinski definition) is 3. The minimum Gasteiger partial charge on any atom is -0.484 e. The Morgan fingerprint density at radius 1 is 1.17 bits per heavy atom. The molecule has 2 aromatic carbocycles. The van der Waals surface area contributed by atoms with Crippen LogP contribution in [0.5, 0.6) is 5.75 Å². The Kier molecular flexibility index (Phi) is 6.72. The van der Waals surface area contributed by atoms with Crippen molar-refractivity contribution in [3.63, 3.8) is 0 Å². The van der Waals surface area contributed by atoms with Gasteiger partial charge in [0.2, 0.25) is 0 Å². The van der Waals surface area contributed by atoms with Gasteiger partial charge in [0, 0.05) is 21.1 Å². The minimum atomic E-state index is -0.900. The molecule has 0 spiro atoms. The zero-order valence-corrected chi connectivity index (χ0v) is 15.0. The molecule has 1 atom stereocenters. The molecule has 0 aliphatic heterocycles. The fraction of sp³-hybridized carbons (Fsp3) is 0.188. The first-order chi connectivity index (χ1) is 10.9. The van der Waals surface area contributed by atoms with Gasteiger partial charge >= 0.3 is 0 Å². The van der Waals surface area contributed by atoms with E-state index in [1.165, 1.54) is 0 Å². The number of carbonyl (C=O) groups is 1. The SMILES string of the molecule is O=C(COc1ccc(Br)cc1)NCC(O)c1cc(Cl)cc(Cl)c1. The number of aliphatic hydroxyl groups is 1. The highest BCUT2D eigenvalue weighted by Crippen LogP contribution is 2.23. The predicted molar refractivity (Wildman–Crippen MR) is 94.1 cm³/mol. The Labute approximate surface area is 152 Å². The topological polar surface area (TPSA) is 58.6 Å². The second kappa shape index (κ2) is 8.55. The first-order valence-corrected chi connectivity index (χ1v) is 8.28. The van der Waals surface area contributed by atoms with Gasteiger partial charge in [0.25, 0.3) is 5.91 Å². The Hall–Kier alpha value is -1.27. The molecular weight excluding hydrogens is 405 g/mol. The fourth-order valence-corrected chi connectivity index (χ4v) is 2.63. The number of rotatable bonds is 6. The minimum absolute atomic E-state index is 0.0409. The van der Waals surface area contributed by atoms with E-state index in [2.05, 4.69) is 21.2 Å². The van der Waals surface area contributed by atoms with Gasteiger partial charge < -0.3 is 15.2 Å². The molecular formula is C16H14BrCl2NO3. The summed E-state index contributed by atoms with van der Waals surface area (Å²) in [5, 5.41) is 13.5. The highest BCUT2D eigenvalue weighted by atomic mass is 79.9. The quantitative estimate of drug-likeness (QED) is 0.745. The number of benzene rings is 2. The van der Waals surface area contributed by atoms with Crippen molar-refractivity contribution in [2.45, 2.75) is 6.10 Å². The maximum atomic E-state index is 11.7. The third kappa shape index (κ3) is 6.03. The van der Waals surface area contributed by atoms with Crippen LogP contribution in [0.25, 0.3) is 0 Å². The number of carbonyl (C=O) groups excluding carboxylic acids is 1. The van der Waals surface area contributed by atoms with Gasteiger partial charge in [-0.2, -0.15) is 0 Å². The molecule has 7 heteroatoms. The van der Waals surface area contributed by atoms with Crippen molar-refractivity contribution in [3.8, 4) is 5.75 Å². The number of ether oxygens (including phenoxy) is 1. The van der Waals surface area contributed by atoms with Crippen LogP contribution in [0.2, 0.25) is 10.0 Å². The Balaban J connectivity index is 1.80. The number of halogens is 3. The van der Waals surface area contributed by atoms with Crippen LogP contribution in [0.3, 0.4) is 0 Å². The van der Waals surface area contributed by atoms with Crippen LogP contribution >= 0.6 is 39.1 Å². The molecule has 0 aliphatic carbocycles. The molecule has 2 rings (SSSR count). The maximum absolute atomic E-state index is 11.7. The summed E-state index contributed by atoms with van der Waals surface area (Å²) in [6, 6.07) is 11.9. The lowest BCUT2D eigenvalue weighted by molar-refractivity contribution is -0.123. The van der Waals surface area contributed by atoms with E-state index < -0.39 is 6.10 Å².